The molecule has 0 rings (SSSR count). The van der Waals surface area contributed by atoms with E-state index in [2.05, 4.69) is 0 Å². The summed E-state index contributed by atoms with van der Waals surface area (Å²) in [4.78, 5) is 24.7. The Labute approximate surface area is 108 Å². The molecule has 0 spiro atoms. The molecule has 0 fully saturated rings. The molecule has 0 aromatic rings. The molecule has 0 aromatic carbocycles. The Morgan fingerprint density at radius 3 is 2.50 bits per heavy atom. The van der Waals surface area contributed by atoms with Crippen molar-refractivity contribution in [3.05, 3.63) is 0 Å². The molecule has 0 amide bonds. The zero-order valence-corrected chi connectivity index (χ0v) is 11.3. The van der Waals surface area contributed by atoms with Gasteiger partial charge in [0.25, 0.3) is 0 Å². The van der Waals surface area contributed by atoms with Crippen LogP contribution in [0.3, 0.4) is 0 Å². The average Bonchev–Trinajstić information content (AvgIpc) is 2.28. The maximum Gasteiger partial charge on any atom is 0.347 e. The summed E-state index contributed by atoms with van der Waals surface area (Å²) in [6.07, 6.45) is 0.468. The number of esters is 2. The van der Waals surface area contributed by atoms with E-state index in [0.29, 0.717) is 12.8 Å². The van der Waals surface area contributed by atoms with Crippen LogP contribution in [0.4, 0.5) is 0 Å². The SMILES string of the molecule is CC(OC(=O)CCCN(C)C)C(=O)OCCCO. The van der Waals surface area contributed by atoms with Crippen molar-refractivity contribution in [1.82, 2.24) is 4.90 Å². The number of hydrogen-bond acceptors (Lipinski definition) is 6. The lowest BCUT2D eigenvalue weighted by Crippen LogP contribution is -2.27. The first-order chi connectivity index (χ1) is 8.47. The highest BCUT2D eigenvalue weighted by Gasteiger charge is 2.18. The van der Waals surface area contributed by atoms with Crippen LogP contribution in [0.25, 0.3) is 0 Å². The van der Waals surface area contributed by atoms with Crippen LogP contribution in [-0.2, 0) is 19.1 Å². The van der Waals surface area contributed by atoms with E-state index in [9.17, 15) is 9.59 Å². The van der Waals surface area contributed by atoms with Crippen molar-refractivity contribution in [2.24, 2.45) is 0 Å². The fourth-order valence-electron chi connectivity index (χ4n) is 1.20. The predicted octanol–water partition coefficient (Wildman–Crippen LogP) is 0.185. The van der Waals surface area contributed by atoms with E-state index in [1.165, 1.54) is 6.92 Å². The monoisotopic (exact) mass is 261 g/mol. The molecule has 1 N–H and O–H groups in total. The fourth-order valence-corrected chi connectivity index (χ4v) is 1.20. The molecule has 0 heterocycles. The maximum absolute atomic E-state index is 11.4. The van der Waals surface area contributed by atoms with Crippen molar-refractivity contribution >= 4 is 11.9 Å². The number of nitrogens with zero attached hydrogens (tertiary/aromatic N) is 1. The summed E-state index contributed by atoms with van der Waals surface area (Å²) >= 11 is 0. The Kier molecular flexibility index (Phi) is 9.22. The standard InChI is InChI=1S/C12H23NO5/c1-10(12(16)17-9-5-8-14)18-11(15)6-4-7-13(2)3/h10,14H,4-9H2,1-3H3. The number of carbonyl (C=O) groups excluding carboxylic acids is 2. The van der Waals surface area contributed by atoms with Crippen molar-refractivity contribution in [3.8, 4) is 0 Å². The smallest absolute Gasteiger partial charge is 0.347 e. The molecule has 0 bridgehead atoms. The maximum atomic E-state index is 11.4. The molecule has 0 aliphatic rings. The highest BCUT2D eigenvalue weighted by molar-refractivity contribution is 5.78. The first-order valence-corrected chi connectivity index (χ1v) is 6.09. The summed E-state index contributed by atoms with van der Waals surface area (Å²) < 4.78 is 9.73. The van der Waals surface area contributed by atoms with Crippen LogP contribution in [0.5, 0.6) is 0 Å². The van der Waals surface area contributed by atoms with Crippen LogP contribution in [0.15, 0.2) is 0 Å². The van der Waals surface area contributed by atoms with Crippen LogP contribution in [0.1, 0.15) is 26.2 Å². The van der Waals surface area contributed by atoms with Crippen LogP contribution in [0.2, 0.25) is 0 Å². The molecule has 0 aliphatic heterocycles. The van der Waals surface area contributed by atoms with E-state index in [-0.39, 0.29) is 19.6 Å². The third-order valence-corrected chi connectivity index (χ3v) is 2.17. The molecule has 1 unspecified atom stereocenters. The minimum absolute atomic E-state index is 0.0357. The van der Waals surface area contributed by atoms with E-state index in [4.69, 9.17) is 14.6 Å². The van der Waals surface area contributed by atoms with Gasteiger partial charge in [-0.15, -0.1) is 0 Å². The van der Waals surface area contributed by atoms with Gasteiger partial charge in [-0.2, -0.15) is 0 Å². The van der Waals surface area contributed by atoms with E-state index in [1.807, 2.05) is 19.0 Å². The Bertz CT molecular complexity index is 255. The molecule has 0 aliphatic carbocycles. The van der Waals surface area contributed by atoms with Crippen LogP contribution in [-0.4, -0.2) is 61.9 Å². The molecule has 106 valence electrons. The van der Waals surface area contributed by atoms with Gasteiger partial charge in [0, 0.05) is 19.4 Å². The van der Waals surface area contributed by atoms with E-state index < -0.39 is 18.0 Å². The van der Waals surface area contributed by atoms with Gasteiger partial charge in [-0.05, 0) is 34.0 Å². The van der Waals surface area contributed by atoms with Gasteiger partial charge in [0.15, 0.2) is 6.10 Å². The summed E-state index contributed by atoms with van der Waals surface area (Å²) in [5, 5.41) is 8.52. The summed E-state index contributed by atoms with van der Waals surface area (Å²) in [7, 11) is 3.85. The number of aliphatic hydroxyl groups is 1. The molecule has 1 atom stereocenters. The Hall–Kier alpha value is -1.14. The lowest BCUT2D eigenvalue weighted by molar-refractivity contribution is -0.166. The Morgan fingerprint density at radius 1 is 1.28 bits per heavy atom. The van der Waals surface area contributed by atoms with Crippen molar-refractivity contribution < 1.29 is 24.2 Å². The van der Waals surface area contributed by atoms with Crippen LogP contribution >= 0.6 is 0 Å². The summed E-state index contributed by atoms with van der Waals surface area (Å²) in [5.74, 6) is -0.979. The third kappa shape index (κ3) is 8.95. The molecular weight excluding hydrogens is 238 g/mol. The summed E-state index contributed by atoms with van der Waals surface area (Å²) in [5.41, 5.74) is 0. The second-order valence-electron chi connectivity index (χ2n) is 4.28. The lowest BCUT2D eigenvalue weighted by atomic mass is 10.3. The van der Waals surface area contributed by atoms with Crippen LogP contribution in [0, 0.1) is 0 Å². The number of carbonyl (C=O) groups is 2. The van der Waals surface area contributed by atoms with Crippen molar-refractivity contribution in [2.45, 2.75) is 32.3 Å². The Balaban J connectivity index is 3.74. The molecular formula is C12H23NO5. The molecule has 0 saturated carbocycles. The highest BCUT2D eigenvalue weighted by atomic mass is 16.6. The van der Waals surface area contributed by atoms with Crippen molar-refractivity contribution in [2.75, 3.05) is 33.9 Å². The third-order valence-electron chi connectivity index (χ3n) is 2.17. The van der Waals surface area contributed by atoms with Gasteiger partial charge in [-0.1, -0.05) is 0 Å². The Morgan fingerprint density at radius 2 is 1.94 bits per heavy atom. The van der Waals surface area contributed by atoms with E-state index >= 15 is 0 Å². The highest BCUT2D eigenvalue weighted by Crippen LogP contribution is 2.01. The number of ether oxygens (including phenoxy) is 2. The molecule has 6 nitrogen and oxygen atoms in total. The minimum Gasteiger partial charge on any atom is -0.463 e. The zero-order valence-electron chi connectivity index (χ0n) is 11.3. The minimum atomic E-state index is -0.893. The average molecular weight is 261 g/mol. The normalized spacial score (nSPS) is 12.3. The zero-order chi connectivity index (χ0) is 14.0. The van der Waals surface area contributed by atoms with Crippen molar-refractivity contribution in [3.63, 3.8) is 0 Å². The first kappa shape index (κ1) is 16.9. The second kappa shape index (κ2) is 9.85. The van der Waals surface area contributed by atoms with Crippen LogP contribution < -0.4 is 0 Å². The van der Waals surface area contributed by atoms with Crippen molar-refractivity contribution in [1.29, 1.82) is 0 Å². The molecule has 0 saturated heterocycles. The number of aliphatic hydroxyl groups excluding tert-OH is 1. The molecule has 6 heteroatoms. The first-order valence-electron chi connectivity index (χ1n) is 6.09. The predicted molar refractivity (Wildman–Crippen MR) is 66.0 cm³/mol. The van der Waals surface area contributed by atoms with Gasteiger partial charge in [0.05, 0.1) is 6.61 Å². The lowest BCUT2D eigenvalue weighted by Gasteiger charge is -2.13. The topological polar surface area (TPSA) is 76.1 Å². The van der Waals surface area contributed by atoms with Gasteiger partial charge in [0.1, 0.15) is 0 Å². The van der Waals surface area contributed by atoms with Gasteiger partial charge in [-0.25, -0.2) is 4.79 Å². The van der Waals surface area contributed by atoms with E-state index in [1.54, 1.807) is 0 Å². The largest absolute Gasteiger partial charge is 0.463 e. The fraction of sp³-hybridized carbons (Fsp3) is 0.833. The molecule has 18 heavy (non-hydrogen) atoms. The number of hydrogen-bond donors (Lipinski definition) is 1. The molecule has 0 radical (unpaired) electrons. The van der Waals surface area contributed by atoms with Gasteiger partial charge in [-0.3, -0.25) is 4.79 Å². The summed E-state index contributed by atoms with van der Waals surface area (Å²) in [6, 6.07) is 0. The van der Waals surface area contributed by atoms with E-state index in [0.717, 1.165) is 6.54 Å². The second-order valence-corrected chi connectivity index (χ2v) is 4.28. The quantitative estimate of drug-likeness (QED) is 0.471. The van der Waals surface area contributed by atoms with Gasteiger partial charge < -0.3 is 19.5 Å². The number of rotatable bonds is 9. The summed E-state index contributed by atoms with van der Waals surface area (Å²) in [6.45, 7) is 2.37. The molecule has 0 aromatic heterocycles. The van der Waals surface area contributed by atoms with Gasteiger partial charge >= 0.3 is 11.9 Å². The van der Waals surface area contributed by atoms with Gasteiger partial charge in [0.2, 0.25) is 0 Å².